The van der Waals surface area contributed by atoms with Crippen LogP contribution in [0.3, 0.4) is 0 Å². The Morgan fingerprint density at radius 1 is 1.13 bits per heavy atom. The number of rotatable bonds is 4. The molecule has 4 aromatic rings. The Balaban J connectivity index is 1.57. The van der Waals surface area contributed by atoms with Crippen molar-refractivity contribution in [3.63, 3.8) is 0 Å². The molecular weight excluding hydrogens is 398 g/mol. The molecule has 0 spiro atoms. The minimum Gasteiger partial charge on any atom is -0.457 e. The van der Waals surface area contributed by atoms with Crippen LogP contribution in [0.4, 0.5) is 5.95 Å². The van der Waals surface area contributed by atoms with Gasteiger partial charge in [-0.05, 0) is 46.9 Å². The fourth-order valence-corrected chi connectivity index (χ4v) is 5.08. The van der Waals surface area contributed by atoms with E-state index in [0.717, 1.165) is 20.7 Å². The van der Waals surface area contributed by atoms with Gasteiger partial charge in [0.1, 0.15) is 12.6 Å². The number of benzene rings is 2. The molecule has 7 nitrogen and oxygen atoms in total. The van der Waals surface area contributed by atoms with Gasteiger partial charge in [0.15, 0.2) is 0 Å². The summed E-state index contributed by atoms with van der Waals surface area (Å²) in [7, 11) is 0. The van der Waals surface area contributed by atoms with Gasteiger partial charge in [0, 0.05) is 15.3 Å². The van der Waals surface area contributed by atoms with E-state index in [9.17, 15) is 4.79 Å². The number of tetrazole rings is 1. The molecule has 2 aromatic heterocycles. The number of allylic oxidation sites excluding steroid dienone is 1. The first-order chi connectivity index (χ1) is 14.6. The van der Waals surface area contributed by atoms with Crippen molar-refractivity contribution in [2.24, 2.45) is 0 Å². The number of hydrogen-bond donors (Lipinski definition) is 1. The molecule has 0 saturated heterocycles. The Morgan fingerprint density at radius 3 is 2.70 bits per heavy atom. The van der Waals surface area contributed by atoms with E-state index < -0.39 is 6.04 Å². The van der Waals surface area contributed by atoms with Crippen molar-refractivity contribution >= 4 is 33.3 Å². The Hall–Kier alpha value is -3.52. The number of anilines is 1. The molecule has 0 saturated carbocycles. The Morgan fingerprint density at radius 2 is 1.90 bits per heavy atom. The van der Waals surface area contributed by atoms with Gasteiger partial charge in [0.05, 0.1) is 5.57 Å². The van der Waals surface area contributed by atoms with Crippen molar-refractivity contribution in [1.82, 2.24) is 20.2 Å². The number of aromatic nitrogens is 4. The summed E-state index contributed by atoms with van der Waals surface area (Å²) >= 11 is 1.65. The van der Waals surface area contributed by atoms with E-state index >= 15 is 0 Å². The van der Waals surface area contributed by atoms with Crippen molar-refractivity contribution in [1.29, 1.82) is 0 Å². The van der Waals surface area contributed by atoms with Crippen molar-refractivity contribution in [2.75, 3.05) is 5.32 Å². The van der Waals surface area contributed by atoms with Gasteiger partial charge in [-0.3, -0.25) is 0 Å². The van der Waals surface area contributed by atoms with E-state index in [4.69, 9.17) is 4.74 Å². The van der Waals surface area contributed by atoms with Gasteiger partial charge in [0.2, 0.25) is 5.95 Å². The lowest BCUT2D eigenvalue weighted by molar-refractivity contribution is -0.140. The van der Waals surface area contributed by atoms with Crippen LogP contribution in [0.2, 0.25) is 0 Å². The van der Waals surface area contributed by atoms with Crippen molar-refractivity contribution in [3.8, 4) is 0 Å². The van der Waals surface area contributed by atoms with Gasteiger partial charge in [-0.2, -0.15) is 4.68 Å². The zero-order valence-corrected chi connectivity index (χ0v) is 17.3. The molecule has 1 aliphatic heterocycles. The van der Waals surface area contributed by atoms with Gasteiger partial charge in [-0.25, -0.2) is 4.79 Å². The first kappa shape index (κ1) is 18.5. The first-order valence-corrected chi connectivity index (χ1v) is 10.4. The third-order valence-corrected chi connectivity index (χ3v) is 6.60. The molecule has 5 rings (SSSR count). The zero-order valence-electron chi connectivity index (χ0n) is 16.5. The van der Waals surface area contributed by atoms with Crippen LogP contribution in [-0.2, 0) is 16.1 Å². The number of nitrogens with zero attached hydrogens (tertiary/aromatic N) is 4. The summed E-state index contributed by atoms with van der Waals surface area (Å²) in [6.45, 7) is 4.13. The lowest BCUT2D eigenvalue weighted by Crippen LogP contribution is -2.29. The second-order valence-electron chi connectivity index (χ2n) is 7.16. The van der Waals surface area contributed by atoms with Crippen molar-refractivity contribution in [2.45, 2.75) is 26.5 Å². The van der Waals surface area contributed by atoms with E-state index in [1.54, 1.807) is 16.0 Å². The minimum atomic E-state index is -0.447. The van der Waals surface area contributed by atoms with Crippen molar-refractivity contribution in [3.05, 3.63) is 81.9 Å². The molecule has 150 valence electrons. The molecule has 1 aliphatic rings. The summed E-state index contributed by atoms with van der Waals surface area (Å²) in [4.78, 5) is 14.3. The molecule has 1 unspecified atom stereocenters. The topological polar surface area (TPSA) is 81.9 Å². The van der Waals surface area contributed by atoms with Crippen LogP contribution in [0.25, 0.3) is 10.1 Å². The number of thiophene rings is 1. The van der Waals surface area contributed by atoms with Crippen LogP contribution in [0.5, 0.6) is 0 Å². The molecule has 0 bridgehead atoms. The zero-order chi connectivity index (χ0) is 20.7. The Labute approximate surface area is 177 Å². The highest BCUT2D eigenvalue weighted by molar-refractivity contribution is 7.19. The largest absolute Gasteiger partial charge is 0.457 e. The number of carbonyl (C=O) groups is 1. The second kappa shape index (κ2) is 7.38. The minimum absolute atomic E-state index is 0.205. The monoisotopic (exact) mass is 417 g/mol. The van der Waals surface area contributed by atoms with E-state index in [1.807, 2.05) is 49.4 Å². The fraction of sp³-hybridized carbons (Fsp3) is 0.182. The molecule has 8 heteroatoms. The SMILES string of the molecule is CC1=C(C(=O)OCc2ccccc2)C(c2sc3ccccc3c2C)n2nnnc2N1. The average Bonchev–Trinajstić information content (AvgIpc) is 3.36. The van der Waals surface area contributed by atoms with Crippen LogP contribution < -0.4 is 5.32 Å². The molecule has 3 heterocycles. The van der Waals surface area contributed by atoms with Crippen LogP contribution in [0, 0.1) is 6.92 Å². The highest BCUT2D eigenvalue weighted by Crippen LogP contribution is 2.42. The molecule has 0 aliphatic carbocycles. The summed E-state index contributed by atoms with van der Waals surface area (Å²) in [5, 5.41) is 16.3. The van der Waals surface area contributed by atoms with E-state index in [1.165, 1.54) is 5.39 Å². The Bertz CT molecular complexity index is 1280. The Kier molecular flexibility index (Phi) is 4.55. The van der Waals surface area contributed by atoms with Gasteiger partial charge >= 0.3 is 5.97 Å². The van der Waals surface area contributed by atoms with Crippen LogP contribution in [0.1, 0.15) is 29.0 Å². The molecule has 1 atom stereocenters. The summed E-state index contributed by atoms with van der Waals surface area (Å²) in [5.41, 5.74) is 3.26. The molecular formula is C22H19N5O2S. The fourth-order valence-electron chi connectivity index (χ4n) is 3.77. The van der Waals surface area contributed by atoms with E-state index in [2.05, 4.69) is 39.9 Å². The number of esters is 1. The number of hydrogen-bond acceptors (Lipinski definition) is 7. The number of fused-ring (bicyclic) bond motifs is 2. The van der Waals surface area contributed by atoms with E-state index in [-0.39, 0.29) is 12.6 Å². The van der Waals surface area contributed by atoms with E-state index in [0.29, 0.717) is 17.2 Å². The molecule has 2 aromatic carbocycles. The first-order valence-electron chi connectivity index (χ1n) is 9.58. The lowest BCUT2D eigenvalue weighted by Gasteiger charge is -2.27. The highest BCUT2D eigenvalue weighted by atomic mass is 32.1. The number of aryl methyl sites for hydroxylation is 1. The summed E-state index contributed by atoms with van der Waals surface area (Å²) in [6.07, 6.45) is 0. The maximum Gasteiger partial charge on any atom is 0.338 e. The number of ether oxygens (including phenoxy) is 1. The second-order valence-corrected chi connectivity index (χ2v) is 8.25. The van der Waals surface area contributed by atoms with Crippen LogP contribution in [-0.4, -0.2) is 26.2 Å². The maximum absolute atomic E-state index is 13.2. The number of carbonyl (C=O) groups excluding carboxylic acids is 1. The van der Waals surface area contributed by atoms with Crippen LogP contribution in [0.15, 0.2) is 65.9 Å². The maximum atomic E-state index is 13.2. The van der Waals surface area contributed by atoms with Gasteiger partial charge in [-0.15, -0.1) is 11.3 Å². The summed E-state index contributed by atoms with van der Waals surface area (Å²) in [6, 6.07) is 17.4. The highest BCUT2D eigenvalue weighted by Gasteiger charge is 2.37. The van der Waals surface area contributed by atoms with Gasteiger partial charge in [-0.1, -0.05) is 53.6 Å². The third kappa shape index (κ3) is 3.05. The quantitative estimate of drug-likeness (QED) is 0.501. The van der Waals surface area contributed by atoms with Gasteiger partial charge < -0.3 is 10.1 Å². The molecule has 1 N–H and O–H groups in total. The average molecular weight is 417 g/mol. The summed E-state index contributed by atoms with van der Waals surface area (Å²) in [5.74, 6) is 0.126. The molecule has 0 fully saturated rings. The normalized spacial score (nSPS) is 15.7. The van der Waals surface area contributed by atoms with Crippen molar-refractivity contribution < 1.29 is 9.53 Å². The molecule has 0 amide bonds. The van der Waals surface area contributed by atoms with Crippen LogP contribution >= 0.6 is 11.3 Å². The molecule has 30 heavy (non-hydrogen) atoms. The van der Waals surface area contributed by atoms with Gasteiger partial charge in [0.25, 0.3) is 0 Å². The molecule has 0 radical (unpaired) electrons. The standard InChI is InChI=1S/C22H19N5O2S/c1-13-16-10-6-7-11-17(16)30-20(13)19-18(14(2)23-22-24-25-26-27(19)22)21(28)29-12-15-8-4-3-5-9-15/h3-11,19H,12H2,1-2H3,(H,23,24,26). The lowest BCUT2D eigenvalue weighted by atomic mass is 9.98. The third-order valence-electron chi connectivity index (χ3n) is 5.28. The summed E-state index contributed by atoms with van der Waals surface area (Å²) < 4.78 is 8.50. The number of nitrogens with one attached hydrogen (secondary N) is 1. The predicted molar refractivity (Wildman–Crippen MR) is 115 cm³/mol. The predicted octanol–water partition coefficient (Wildman–Crippen LogP) is 4.23. The smallest absolute Gasteiger partial charge is 0.338 e.